The lowest BCUT2D eigenvalue weighted by Crippen LogP contribution is -2.14. The molecule has 2 aromatic carbocycles. The first kappa shape index (κ1) is 14.3. The maximum atomic E-state index is 10.7. The Bertz CT molecular complexity index is 597. The van der Waals surface area contributed by atoms with Gasteiger partial charge in [0.25, 0.3) is 0 Å². The number of nitrogens with two attached hydrogens (primary N) is 1. The van der Waals surface area contributed by atoms with Crippen LogP contribution in [0.2, 0.25) is 0 Å². The van der Waals surface area contributed by atoms with E-state index in [4.69, 9.17) is 10.8 Å². The first-order chi connectivity index (χ1) is 9.49. The lowest BCUT2D eigenvalue weighted by atomic mass is 9.94. The lowest BCUT2D eigenvalue weighted by molar-refractivity contribution is -0.137. The third kappa shape index (κ3) is 3.06. The van der Waals surface area contributed by atoms with Gasteiger partial charge in [-0.25, -0.2) is 0 Å². The van der Waals surface area contributed by atoms with Crippen molar-refractivity contribution < 1.29 is 9.90 Å². The van der Waals surface area contributed by atoms with Gasteiger partial charge in [0.05, 0.1) is 6.42 Å². The van der Waals surface area contributed by atoms with E-state index in [1.54, 1.807) is 0 Å². The molecule has 3 N–H and O–H groups in total. The summed E-state index contributed by atoms with van der Waals surface area (Å²) in [6.07, 6.45) is -0.0528. The molecule has 0 aromatic heterocycles. The number of aliphatic carboxylic acids is 1. The molecule has 0 aliphatic heterocycles. The highest BCUT2D eigenvalue weighted by molar-refractivity contribution is 5.71. The molecule has 0 aliphatic carbocycles. The number of carbonyl (C=O) groups is 1. The minimum Gasteiger partial charge on any atom is -0.481 e. The van der Waals surface area contributed by atoms with Crippen molar-refractivity contribution in [1.82, 2.24) is 0 Å². The highest BCUT2D eigenvalue weighted by Gasteiger charge is 2.11. The maximum absolute atomic E-state index is 10.7. The second-order valence-corrected chi connectivity index (χ2v) is 5.09. The van der Waals surface area contributed by atoms with Gasteiger partial charge in [0, 0.05) is 6.04 Å². The average Bonchev–Trinajstić information content (AvgIpc) is 2.38. The number of carboxylic acids is 1. The van der Waals surface area contributed by atoms with Gasteiger partial charge in [-0.3, -0.25) is 4.79 Å². The monoisotopic (exact) mass is 269 g/mol. The summed E-state index contributed by atoms with van der Waals surface area (Å²) in [7, 11) is 0. The van der Waals surface area contributed by atoms with Crippen LogP contribution in [0.4, 0.5) is 0 Å². The highest BCUT2D eigenvalue weighted by atomic mass is 16.4. The summed E-state index contributed by atoms with van der Waals surface area (Å²) in [6.45, 7) is 4.18. The van der Waals surface area contributed by atoms with Crippen LogP contribution < -0.4 is 5.73 Å². The number of benzene rings is 2. The number of rotatable bonds is 4. The van der Waals surface area contributed by atoms with Crippen LogP contribution in [0.1, 0.15) is 29.2 Å². The molecule has 2 rings (SSSR count). The van der Waals surface area contributed by atoms with Crippen LogP contribution in [0.3, 0.4) is 0 Å². The SMILES string of the molecule is Cc1cccc(C)c1-c1ccc(C(N)CC(=O)O)cc1. The minimum atomic E-state index is -0.878. The van der Waals surface area contributed by atoms with Crippen LogP contribution in [0.5, 0.6) is 0 Å². The van der Waals surface area contributed by atoms with Crippen LogP contribution in [-0.2, 0) is 4.79 Å². The van der Waals surface area contributed by atoms with E-state index in [0.717, 1.165) is 11.1 Å². The zero-order chi connectivity index (χ0) is 14.7. The second kappa shape index (κ2) is 5.88. The van der Waals surface area contributed by atoms with Gasteiger partial charge >= 0.3 is 5.97 Å². The molecule has 0 fully saturated rings. The van der Waals surface area contributed by atoms with E-state index in [1.165, 1.54) is 16.7 Å². The van der Waals surface area contributed by atoms with Gasteiger partial charge in [0.15, 0.2) is 0 Å². The summed E-state index contributed by atoms with van der Waals surface area (Å²) in [4.78, 5) is 10.7. The van der Waals surface area contributed by atoms with E-state index >= 15 is 0 Å². The Kier molecular flexibility index (Phi) is 4.20. The summed E-state index contributed by atoms with van der Waals surface area (Å²) in [6, 6.07) is 13.6. The van der Waals surface area contributed by atoms with Gasteiger partial charge in [-0.15, -0.1) is 0 Å². The first-order valence-corrected chi connectivity index (χ1v) is 6.63. The van der Waals surface area contributed by atoms with Crippen LogP contribution in [0.15, 0.2) is 42.5 Å². The molecular weight excluding hydrogens is 250 g/mol. The maximum Gasteiger partial charge on any atom is 0.305 e. The molecule has 0 bridgehead atoms. The Balaban J connectivity index is 2.31. The normalized spacial score (nSPS) is 12.2. The van der Waals surface area contributed by atoms with Gasteiger partial charge in [0.2, 0.25) is 0 Å². The van der Waals surface area contributed by atoms with Gasteiger partial charge in [0.1, 0.15) is 0 Å². The molecule has 0 radical (unpaired) electrons. The van der Waals surface area contributed by atoms with Crippen molar-refractivity contribution in [3.05, 3.63) is 59.2 Å². The largest absolute Gasteiger partial charge is 0.481 e. The lowest BCUT2D eigenvalue weighted by Gasteiger charge is -2.13. The standard InChI is InChI=1S/C17H19NO2/c1-11-4-3-5-12(2)17(11)14-8-6-13(7-9-14)15(18)10-16(19)20/h3-9,15H,10,18H2,1-2H3,(H,19,20). The molecule has 0 heterocycles. The predicted octanol–water partition coefficient (Wildman–Crippen LogP) is 3.44. The minimum absolute atomic E-state index is 0.0528. The van der Waals surface area contributed by atoms with Crippen molar-refractivity contribution >= 4 is 5.97 Å². The fourth-order valence-corrected chi connectivity index (χ4v) is 2.47. The third-order valence-corrected chi connectivity index (χ3v) is 3.50. The summed E-state index contributed by atoms with van der Waals surface area (Å²) in [5.74, 6) is -0.878. The molecular formula is C17H19NO2. The molecule has 3 heteroatoms. The van der Waals surface area contributed by atoms with E-state index in [1.807, 2.05) is 30.3 Å². The highest BCUT2D eigenvalue weighted by Crippen LogP contribution is 2.28. The smallest absolute Gasteiger partial charge is 0.305 e. The number of hydrogen-bond acceptors (Lipinski definition) is 2. The molecule has 1 unspecified atom stereocenters. The van der Waals surface area contributed by atoms with Gasteiger partial charge < -0.3 is 10.8 Å². The quantitative estimate of drug-likeness (QED) is 0.893. The third-order valence-electron chi connectivity index (χ3n) is 3.50. The predicted molar refractivity (Wildman–Crippen MR) is 80.5 cm³/mol. The Hall–Kier alpha value is -2.13. The fraction of sp³-hybridized carbons (Fsp3) is 0.235. The van der Waals surface area contributed by atoms with Gasteiger partial charge in [-0.1, -0.05) is 42.5 Å². The van der Waals surface area contributed by atoms with Crippen molar-refractivity contribution in [2.45, 2.75) is 26.3 Å². The van der Waals surface area contributed by atoms with E-state index in [-0.39, 0.29) is 6.42 Å². The number of aryl methyl sites for hydroxylation is 2. The molecule has 20 heavy (non-hydrogen) atoms. The van der Waals surface area contributed by atoms with Crippen molar-refractivity contribution in [1.29, 1.82) is 0 Å². The topological polar surface area (TPSA) is 63.3 Å². The summed E-state index contributed by atoms with van der Waals surface area (Å²) in [5, 5.41) is 8.77. The molecule has 0 aliphatic rings. The zero-order valence-electron chi connectivity index (χ0n) is 11.8. The van der Waals surface area contributed by atoms with Crippen molar-refractivity contribution in [3.8, 4) is 11.1 Å². The first-order valence-electron chi connectivity index (χ1n) is 6.63. The summed E-state index contributed by atoms with van der Waals surface area (Å²) in [5.41, 5.74) is 11.5. The Morgan fingerprint density at radius 1 is 1.10 bits per heavy atom. The van der Waals surface area contributed by atoms with Crippen LogP contribution in [-0.4, -0.2) is 11.1 Å². The molecule has 3 nitrogen and oxygen atoms in total. The zero-order valence-corrected chi connectivity index (χ0v) is 11.8. The molecule has 104 valence electrons. The molecule has 2 aromatic rings. The van der Waals surface area contributed by atoms with Crippen molar-refractivity contribution in [2.24, 2.45) is 5.73 Å². The molecule has 1 atom stereocenters. The molecule has 0 amide bonds. The Morgan fingerprint density at radius 2 is 1.65 bits per heavy atom. The summed E-state index contributed by atoms with van der Waals surface area (Å²) < 4.78 is 0. The molecule has 0 saturated heterocycles. The van der Waals surface area contributed by atoms with Crippen molar-refractivity contribution in [2.75, 3.05) is 0 Å². The van der Waals surface area contributed by atoms with E-state index in [0.29, 0.717) is 0 Å². The summed E-state index contributed by atoms with van der Waals surface area (Å²) >= 11 is 0. The van der Waals surface area contributed by atoms with Gasteiger partial charge in [-0.05, 0) is 41.7 Å². The molecule has 0 spiro atoms. The van der Waals surface area contributed by atoms with Crippen LogP contribution in [0, 0.1) is 13.8 Å². The van der Waals surface area contributed by atoms with Crippen LogP contribution in [0.25, 0.3) is 11.1 Å². The Morgan fingerprint density at radius 3 is 2.15 bits per heavy atom. The fourth-order valence-electron chi connectivity index (χ4n) is 2.47. The van der Waals surface area contributed by atoms with E-state index in [2.05, 4.69) is 26.0 Å². The Labute approximate surface area is 119 Å². The van der Waals surface area contributed by atoms with Crippen molar-refractivity contribution in [3.63, 3.8) is 0 Å². The van der Waals surface area contributed by atoms with E-state index in [9.17, 15) is 4.79 Å². The average molecular weight is 269 g/mol. The van der Waals surface area contributed by atoms with Gasteiger partial charge in [-0.2, -0.15) is 0 Å². The second-order valence-electron chi connectivity index (χ2n) is 5.09. The number of hydrogen-bond donors (Lipinski definition) is 2. The molecule has 0 saturated carbocycles. The van der Waals surface area contributed by atoms with Crippen LogP contribution >= 0.6 is 0 Å². The number of carboxylic acid groups (broad SMARTS) is 1. The van der Waals surface area contributed by atoms with E-state index < -0.39 is 12.0 Å².